The molecule has 0 unspecified atom stereocenters. The molecule has 0 aliphatic rings. The lowest BCUT2D eigenvalue weighted by Gasteiger charge is -2.05. The highest BCUT2D eigenvalue weighted by atomic mass is 32.1. The summed E-state index contributed by atoms with van der Waals surface area (Å²) in [5.41, 5.74) is 1.38. The van der Waals surface area contributed by atoms with Crippen LogP contribution in [0.25, 0.3) is 0 Å². The van der Waals surface area contributed by atoms with Crippen molar-refractivity contribution >= 4 is 11.3 Å². The van der Waals surface area contributed by atoms with Crippen LogP contribution in [0.4, 0.5) is 0 Å². The number of hydrogen-bond acceptors (Lipinski definition) is 3. The lowest BCUT2D eigenvalue weighted by Crippen LogP contribution is -2.10. The van der Waals surface area contributed by atoms with Gasteiger partial charge in [0.2, 0.25) is 0 Å². The minimum atomic E-state index is 0.657. The number of hydrogen-bond donors (Lipinski definition) is 1. The molecule has 1 aromatic carbocycles. The quantitative estimate of drug-likeness (QED) is 0.778. The Balaban J connectivity index is 1.83. The molecule has 0 aliphatic heterocycles. The third kappa shape index (κ3) is 4.66. The van der Waals surface area contributed by atoms with Gasteiger partial charge >= 0.3 is 0 Å². The maximum Gasteiger partial charge on any atom is 0.122 e. The van der Waals surface area contributed by atoms with E-state index in [1.165, 1.54) is 21.7 Å². The standard InChI is InChI=1S/C17H23NOS/c1-3-5-14-6-8-15(9-7-14)19-13-17-11-10-16(20-17)12-18-4-2/h6-11,18H,3-5,12-13H2,1-2H3. The fourth-order valence-electron chi connectivity index (χ4n) is 2.04. The molecule has 0 radical (unpaired) electrons. The molecule has 0 bridgehead atoms. The first-order chi connectivity index (χ1) is 9.81. The Morgan fingerprint density at radius 1 is 1.00 bits per heavy atom. The van der Waals surface area contributed by atoms with Gasteiger partial charge in [0, 0.05) is 16.3 Å². The molecule has 0 fully saturated rings. The smallest absolute Gasteiger partial charge is 0.122 e. The second-order valence-corrected chi connectivity index (χ2v) is 6.08. The van der Waals surface area contributed by atoms with Crippen LogP contribution in [0.3, 0.4) is 0 Å². The third-order valence-electron chi connectivity index (χ3n) is 3.11. The van der Waals surface area contributed by atoms with E-state index in [2.05, 4.69) is 55.6 Å². The van der Waals surface area contributed by atoms with Crippen molar-refractivity contribution in [3.05, 3.63) is 51.7 Å². The van der Waals surface area contributed by atoms with Gasteiger partial charge in [0.25, 0.3) is 0 Å². The SMILES string of the molecule is CCCc1ccc(OCc2ccc(CNCC)s2)cc1. The summed E-state index contributed by atoms with van der Waals surface area (Å²) in [7, 11) is 0. The Morgan fingerprint density at radius 3 is 2.45 bits per heavy atom. The summed E-state index contributed by atoms with van der Waals surface area (Å²) in [6.07, 6.45) is 2.32. The van der Waals surface area contributed by atoms with Gasteiger partial charge in [-0.1, -0.05) is 32.4 Å². The van der Waals surface area contributed by atoms with Crippen LogP contribution < -0.4 is 10.1 Å². The summed E-state index contributed by atoms with van der Waals surface area (Å²) in [6.45, 7) is 6.94. The van der Waals surface area contributed by atoms with Gasteiger partial charge in [-0.3, -0.25) is 0 Å². The highest BCUT2D eigenvalue weighted by Crippen LogP contribution is 2.20. The number of ether oxygens (including phenoxy) is 1. The summed E-state index contributed by atoms with van der Waals surface area (Å²) in [6, 6.07) is 12.8. The van der Waals surface area contributed by atoms with E-state index in [4.69, 9.17) is 4.74 Å². The zero-order valence-corrected chi connectivity index (χ0v) is 13.1. The molecule has 0 spiro atoms. The first-order valence-electron chi connectivity index (χ1n) is 7.32. The number of thiophene rings is 1. The number of nitrogens with one attached hydrogen (secondary N) is 1. The summed E-state index contributed by atoms with van der Waals surface area (Å²) in [5, 5.41) is 3.34. The Morgan fingerprint density at radius 2 is 1.75 bits per heavy atom. The van der Waals surface area contributed by atoms with E-state index in [0.29, 0.717) is 6.61 Å². The van der Waals surface area contributed by atoms with E-state index in [1.54, 1.807) is 0 Å². The van der Waals surface area contributed by atoms with Gasteiger partial charge in [-0.15, -0.1) is 11.3 Å². The van der Waals surface area contributed by atoms with Crippen molar-refractivity contribution in [1.82, 2.24) is 5.32 Å². The Kier molecular flexibility index (Phi) is 6.09. The van der Waals surface area contributed by atoms with Gasteiger partial charge in [0.15, 0.2) is 0 Å². The molecule has 20 heavy (non-hydrogen) atoms. The van der Waals surface area contributed by atoms with Crippen molar-refractivity contribution < 1.29 is 4.74 Å². The molecule has 2 aromatic rings. The minimum Gasteiger partial charge on any atom is -0.488 e. The molecule has 1 heterocycles. The summed E-state index contributed by atoms with van der Waals surface area (Å²) >= 11 is 1.82. The molecule has 1 N–H and O–H groups in total. The average Bonchev–Trinajstić information content (AvgIpc) is 2.93. The molecule has 0 amide bonds. The van der Waals surface area contributed by atoms with Gasteiger partial charge in [0.1, 0.15) is 12.4 Å². The van der Waals surface area contributed by atoms with Crippen LogP contribution in [0.15, 0.2) is 36.4 Å². The third-order valence-corrected chi connectivity index (χ3v) is 4.17. The molecule has 108 valence electrons. The second-order valence-electron chi connectivity index (χ2n) is 4.83. The highest BCUT2D eigenvalue weighted by Gasteiger charge is 2.01. The maximum atomic E-state index is 5.83. The van der Waals surface area contributed by atoms with Gasteiger partial charge in [-0.2, -0.15) is 0 Å². The Bertz CT molecular complexity index is 504. The van der Waals surface area contributed by atoms with Crippen LogP contribution in [0.5, 0.6) is 5.75 Å². The monoisotopic (exact) mass is 289 g/mol. The fourth-order valence-corrected chi connectivity index (χ4v) is 2.94. The van der Waals surface area contributed by atoms with Crippen molar-refractivity contribution in [3.63, 3.8) is 0 Å². The molecule has 2 rings (SSSR count). The Labute approximate surface area is 125 Å². The van der Waals surface area contributed by atoms with E-state index in [1.807, 2.05) is 11.3 Å². The topological polar surface area (TPSA) is 21.3 Å². The Hall–Kier alpha value is -1.32. The van der Waals surface area contributed by atoms with Crippen molar-refractivity contribution in [1.29, 1.82) is 0 Å². The molecule has 0 aliphatic carbocycles. The van der Waals surface area contributed by atoms with Gasteiger partial charge in [0.05, 0.1) is 0 Å². The van der Waals surface area contributed by atoms with E-state index in [9.17, 15) is 0 Å². The average molecular weight is 289 g/mol. The zero-order chi connectivity index (χ0) is 14.2. The van der Waals surface area contributed by atoms with Crippen molar-refractivity contribution in [2.24, 2.45) is 0 Å². The van der Waals surface area contributed by atoms with E-state index in [-0.39, 0.29) is 0 Å². The van der Waals surface area contributed by atoms with E-state index in [0.717, 1.165) is 25.3 Å². The van der Waals surface area contributed by atoms with Gasteiger partial charge in [-0.05, 0) is 42.8 Å². The highest BCUT2D eigenvalue weighted by molar-refractivity contribution is 7.11. The van der Waals surface area contributed by atoms with Crippen LogP contribution in [0, 0.1) is 0 Å². The molecule has 0 saturated heterocycles. The number of benzene rings is 1. The molecule has 0 atom stereocenters. The van der Waals surface area contributed by atoms with Crippen LogP contribution in [-0.2, 0) is 19.6 Å². The van der Waals surface area contributed by atoms with Crippen LogP contribution in [0.1, 0.15) is 35.6 Å². The fraction of sp³-hybridized carbons (Fsp3) is 0.412. The van der Waals surface area contributed by atoms with Gasteiger partial charge < -0.3 is 10.1 Å². The molecular weight excluding hydrogens is 266 g/mol. The second kappa shape index (κ2) is 8.08. The lowest BCUT2D eigenvalue weighted by molar-refractivity contribution is 0.309. The number of aryl methyl sites for hydroxylation is 1. The normalized spacial score (nSPS) is 10.7. The van der Waals surface area contributed by atoms with Gasteiger partial charge in [-0.25, -0.2) is 0 Å². The van der Waals surface area contributed by atoms with E-state index >= 15 is 0 Å². The van der Waals surface area contributed by atoms with E-state index < -0.39 is 0 Å². The summed E-state index contributed by atoms with van der Waals surface area (Å²) in [4.78, 5) is 2.64. The molecule has 3 heteroatoms. The predicted molar refractivity (Wildman–Crippen MR) is 86.5 cm³/mol. The molecular formula is C17H23NOS. The molecule has 0 saturated carbocycles. The number of rotatable bonds is 8. The van der Waals surface area contributed by atoms with Crippen LogP contribution in [0.2, 0.25) is 0 Å². The first kappa shape index (κ1) is 15.1. The van der Waals surface area contributed by atoms with Crippen molar-refractivity contribution in [3.8, 4) is 5.75 Å². The molecule has 1 aromatic heterocycles. The molecule has 2 nitrogen and oxygen atoms in total. The minimum absolute atomic E-state index is 0.657. The van der Waals surface area contributed by atoms with Crippen molar-refractivity contribution in [2.45, 2.75) is 39.8 Å². The summed E-state index contributed by atoms with van der Waals surface area (Å²) in [5.74, 6) is 0.950. The summed E-state index contributed by atoms with van der Waals surface area (Å²) < 4.78 is 5.83. The maximum absolute atomic E-state index is 5.83. The predicted octanol–water partition coefficient (Wildman–Crippen LogP) is 4.39. The largest absolute Gasteiger partial charge is 0.488 e. The lowest BCUT2D eigenvalue weighted by atomic mass is 10.1. The van der Waals surface area contributed by atoms with Crippen LogP contribution >= 0.6 is 11.3 Å². The van der Waals surface area contributed by atoms with Crippen molar-refractivity contribution in [2.75, 3.05) is 6.54 Å². The van der Waals surface area contributed by atoms with Crippen LogP contribution in [-0.4, -0.2) is 6.54 Å². The first-order valence-corrected chi connectivity index (χ1v) is 8.13. The zero-order valence-electron chi connectivity index (χ0n) is 12.3.